The van der Waals surface area contributed by atoms with Gasteiger partial charge in [0.15, 0.2) is 5.75 Å². The third-order valence-corrected chi connectivity index (χ3v) is 5.01. The summed E-state index contributed by atoms with van der Waals surface area (Å²) >= 11 is 21.9. The number of anilines is 1. The summed E-state index contributed by atoms with van der Waals surface area (Å²) in [6, 6.07) is 9.08. The third-order valence-electron chi connectivity index (χ3n) is 3.56. The Morgan fingerprint density at radius 2 is 1.85 bits per heavy atom. The van der Waals surface area contributed by atoms with Crippen LogP contribution in [0, 0.1) is 0 Å². The monoisotopic (exact) mass is 475 g/mol. The van der Waals surface area contributed by atoms with Gasteiger partial charge in [-0.3, -0.25) is 0 Å². The zero-order valence-corrected chi connectivity index (χ0v) is 17.2. The van der Waals surface area contributed by atoms with Crippen molar-refractivity contribution in [1.29, 1.82) is 0 Å². The van der Waals surface area contributed by atoms with Crippen LogP contribution < -0.4 is 10.5 Å². The van der Waals surface area contributed by atoms with Crippen LogP contribution in [0.15, 0.2) is 39.2 Å². The summed E-state index contributed by atoms with van der Waals surface area (Å²) in [5.41, 5.74) is 7.23. The van der Waals surface area contributed by atoms with E-state index >= 15 is 0 Å². The van der Waals surface area contributed by atoms with E-state index < -0.39 is 0 Å². The Kier molecular flexibility index (Phi) is 6.29. The van der Waals surface area contributed by atoms with Crippen LogP contribution in [-0.4, -0.2) is 10.2 Å². The van der Waals surface area contributed by atoms with Gasteiger partial charge >= 0.3 is 6.01 Å². The van der Waals surface area contributed by atoms with Crippen LogP contribution in [0.4, 0.5) is 6.01 Å². The minimum Gasteiger partial charge on any atom is -0.486 e. The lowest BCUT2D eigenvalue weighted by Crippen LogP contribution is -1.99. The minimum absolute atomic E-state index is 0.0591. The third kappa shape index (κ3) is 4.82. The van der Waals surface area contributed by atoms with Crippen LogP contribution in [0.25, 0.3) is 0 Å². The summed E-state index contributed by atoms with van der Waals surface area (Å²) in [4.78, 5) is 0. The fraction of sp³-hybridized carbons (Fsp3) is 0.176. The number of hydrogen-bond donors (Lipinski definition) is 1. The first-order chi connectivity index (χ1) is 12.4. The van der Waals surface area contributed by atoms with Crippen molar-refractivity contribution in [2.24, 2.45) is 0 Å². The molecule has 136 valence electrons. The van der Waals surface area contributed by atoms with E-state index in [4.69, 9.17) is 49.7 Å². The Morgan fingerprint density at radius 1 is 1.04 bits per heavy atom. The SMILES string of the molecule is Nc1nnc(CCc2cc(Cl)c(OCc3ccc(Cl)cc3Cl)c(Br)c2)o1. The van der Waals surface area contributed by atoms with Gasteiger partial charge < -0.3 is 14.9 Å². The number of nitrogens with two attached hydrogens (primary N) is 1. The first-order valence-electron chi connectivity index (χ1n) is 7.55. The number of aryl methyl sites for hydroxylation is 2. The number of hydrogen-bond acceptors (Lipinski definition) is 5. The quantitative estimate of drug-likeness (QED) is 0.490. The van der Waals surface area contributed by atoms with Crippen molar-refractivity contribution in [1.82, 2.24) is 10.2 Å². The number of aromatic nitrogens is 2. The van der Waals surface area contributed by atoms with Crippen LogP contribution in [-0.2, 0) is 19.4 Å². The van der Waals surface area contributed by atoms with Crippen LogP contribution in [0.5, 0.6) is 5.75 Å². The Hall–Kier alpha value is -1.47. The highest BCUT2D eigenvalue weighted by molar-refractivity contribution is 9.10. The molecular formula is C17H13BrCl3N3O2. The molecule has 0 fully saturated rings. The Morgan fingerprint density at radius 3 is 2.50 bits per heavy atom. The standard InChI is InChI=1S/C17H13BrCl3N3O2/c18-12-5-9(1-4-15-23-24-17(22)26-15)6-14(21)16(12)25-8-10-2-3-11(19)7-13(10)20/h2-3,5-7H,1,4,8H2,(H2,22,24). The highest BCUT2D eigenvalue weighted by Crippen LogP contribution is 2.36. The number of nitrogen functional groups attached to an aromatic ring is 1. The van der Waals surface area contributed by atoms with Crippen molar-refractivity contribution in [3.63, 3.8) is 0 Å². The van der Waals surface area contributed by atoms with E-state index in [1.54, 1.807) is 12.1 Å². The van der Waals surface area contributed by atoms with E-state index in [-0.39, 0.29) is 12.6 Å². The predicted octanol–water partition coefficient (Wildman–Crippen LogP) is 5.74. The molecule has 0 aliphatic carbocycles. The Balaban J connectivity index is 1.68. The summed E-state index contributed by atoms with van der Waals surface area (Å²) in [5.74, 6) is 1.02. The van der Waals surface area contributed by atoms with Gasteiger partial charge in [0.05, 0.1) is 9.50 Å². The molecule has 0 unspecified atom stereocenters. The van der Waals surface area contributed by atoms with Gasteiger partial charge in [0.2, 0.25) is 5.89 Å². The van der Waals surface area contributed by atoms with Gasteiger partial charge in [-0.25, -0.2) is 0 Å². The first-order valence-corrected chi connectivity index (χ1v) is 9.47. The fourth-order valence-corrected chi connectivity index (χ4v) is 3.80. The molecule has 1 aromatic heterocycles. The summed E-state index contributed by atoms with van der Waals surface area (Å²) < 4.78 is 11.7. The zero-order chi connectivity index (χ0) is 18.7. The average molecular weight is 478 g/mol. The maximum absolute atomic E-state index is 6.37. The van der Waals surface area contributed by atoms with Crippen LogP contribution >= 0.6 is 50.7 Å². The van der Waals surface area contributed by atoms with Gasteiger partial charge in [0.25, 0.3) is 0 Å². The van der Waals surface area contributed by atoms with Gasteiger partial charge in [-0.2, -0.15) is 0 Å². The second kappa shape index (κ2) is 8.48. The number of halogens is 4. The van der Waals surface area contributed by atoms with Crippen LogP contribution in [0.2, 0.25) is 15.1 Å². The molecule has 5 nitrogen and oxygen atoms in total. The number of ether oxygens (including phenoxy) is 1. The Bertz CT molecular complexity index is 910. The average Bonchev–Trinajstić information content (AvgIpc) is 2.99. The molecule has 0 amide bonds. The predicted molar refractivity (Wildman–Crippen MR) is 106 cm³/mol. The summed E-state index contributed by atoms with van der Waals surface area (Å²) in [5, 5.41) is 9.07. The molecule has 0 aliphatic heterocycles. The van der Waals surface area contributed by atoms with Gasteiger partial charge in [-0.05, 0) is 52.2 Å². The van der Waals surface area contributed by atoms with Crippen molar-refractivity contribution in [2.45, 2.75) is 19.4 Å². The number of rotatable bonds is 6. The molecule has 2 N–H and O–H groups in total. The van der Waals surface area contributed by atoms with Gasteiger partial charge in [-0.15, -0.1) is 5.10 Å². The number of benzene rings is 2. The van der Waals surface area contributed by atoms with E-state index in [9.17, 15) is 0 Å². The van der Waals surface area contributed by atoms with Crippen molar-refractivity contribution in [2.75, 3.05) is 5.73 Å². The van der Waals surface area contributed by atoms with E-state index in [0.29, 0.717) is 39.5 Å². The van der Waals surface area contributed by atoms with E-state index in [1.165, 1.54) is 0 Å². The largest absolute Gasteiger partial charge is 0.486 e. The molecule has 3 aromatic rings. The lowest BCUT2D eigenvalue weighted by molar-refractivity contribution is 0.304. The maximum atomic E-state index is 6.37. The molecule has 0 bridgehead atoms. The molecule has 3 rings (SSSR count). The smallest absolute Gasteiger partial charge is 0.312 e. The molecular weight excluding hydrogens is 464 g/mol. The fourth-order valence-electron chi connectivity index (χ4n) is 2.30. The minimum atomic E-state index is 0.0591. The molecule has 2 aromatic carbocycles. The maximum Gasteiger partial charge on any atom is 0.312 e. The second-order valence-corrected chi connectivity index (χ2v) is 7.55. The lowest BCUT2D eigenvalue weighted by atomic mass is 10.1. The summed E-state index contributed by atoms with van der Waals surface area (Å²) in [6.45, 7) is 0.273. The van der Waals surface area contributed by atoms with Crippen molar-refractivity contribution in [3.05, 3.63) is 66.9 Å². The lowest BCUT2D eigenvalue weighted by Gasteiger charge is -2.13. The molecule has 0 saturated heterocycles. The summed E-state index contributed by atoms with van der Waals surface area (Å²) in [7, 11) is 0. The molecule has 0 aliphatic rings. The van der Waals surface area contributed by atoms with Gasteiger partial charge in [0.1, 0.15) is 6.61 Å². The highest BCUT2D eigenvalue weighted by Gasteiger charge is 2.12. The number of nitrogens with zero attached hydrogens (tertiary/aromatic N) is 2. The van der Waals surface area contributed by atoms with E-state index in [2.05, 4.69) is 26.1 Å². The molecule has 0 radical (unpaired) electrons. The second-order valence-electron chi connectivity index (χ2n) is 5.45. The highest BCUT2D eigenvalue weighted by atomic mass is 79.9. The van der Waals surface area contributed by atoms with Crippen molar-refractivity contribution >= 4 is 56.7 Å². The van der Waals surface area contributed by atoms with Crippen molar-refractivity contribution in [3.8, 4) is 5.75 Å². The molecule has 0 saturated carbocycles. The molecule has 0 atom stereocenters. The molecule has 9 heteroatoms. The van der Waals surface area contributed by atoms with Crippen molar-refractivity contribution < 1.29 is 9.15 Å². The summed E-state index contributed by atoms with van der Waals surface area (Å²) in [6.07, 6.45) is 1.23. The topological polar surface area (TPSA) is 74.2 Å². The first kappa shape index (κ1) is 19.3. The van der Waals surface area contributed by atoms with E-state index in [0.717, 1.165) is 15.6 Å². The van der Waals surface area contributed by atoms with Gasteiger partial charge in [0, 0.05) is 22.0 Å². The zero-order valence-electron chi connectivity index (χ0n) is 13.3. The van der Waals surface area contributed by atoms with Crippen LogP contribution in [0.3, 0.4) is 0 Å². The molecule has 1 heterocycles. The molecule has 26 heavy (non-hydrogen) atoms. The normalized spacial score (nSPS) is 10.9. The van der Waals surface area contributed by atoms with Crippen LogP contribution in [0.1, 0.15) is 17.0 Å². The van der Waals surface area contributed by atoms with E-state index in [1.807, 2.05) is 18.2 Å². The van der Waals surface area contributed by atoms with Gasteiger partial charge in [-0.1, -0.05) is 46.0 Å². The molecule has 0 spiro atoms. The Labute approximate surface area is 173 Å².